The number of rotatable bonds is 4. The summed E-state index contributed by atoms with van der Waals surface area (Å²) in [4.78, 5) is 4.93. The molecule has 4 rings (SSSR count). The predicted octanol–water partition coefficient (Wildman–Crippen LogP) is 3.54. The van der Waals surface area contributed by atoms with E-state index in [-0.39, 0.29) is 0 Å². The molecule has 140 valence electrons. The van der Waals surface area contributed by atoms with Crippen LogP contribution in [0.15, 0.2) is 12.1 Å². The van der Waals surface area contributed by atoms with Crippen molar-refractivity contribution in [1.29, 1.82) is 0 Å². The van der Waals surface area contributed by atoms with Gasteiger partial charge in [0.25, 0.3) is 0 Å². The summed E-state index contributed by atoms with van der Waals surface area (Å²) in [5.41, 5.74) is 5.15. The third-order valence-corrected chi connectivity index (χ3v) is 5.66. The van der Waals surface area contributed by atoms with E-state index in [1.54, 1.807) is 14.2 Å². The molecule has 0 amide bonds. The maximum atomic E-state index is 5.55. The van der Waals surface area contributed by atoms with E-state index in [1.165, 1.54) is 23.4 Å². The monoisotopic (exact) mass is 355 g/mol. The minimum absolute atomic E-state index is 0.308. The highest BCUT2D eigenvalue weighted by Crippen LogP contribution is 2.40. The van der Waals surface area contributed by atoms with E-state index >= 15 is 0 Å². The van der Waals surface area contributed by atoms with Gasteiger partial charge in [0.15, 0.2) is 11.5 Å². The van der Waals surface area contributed by atoms with E-state index in [2.05, 4.69) is 30.5 Å². The van der Waals surface area contributed by atoms with Crippen LogP contribution in [0, 0.1) is 5.41 Å². The number of methoxy groups -OCH3 is 2. The summed E-state index contributed by atoms with van der Waals surface area (Å²) in [7, 11) is 3.36. The quantitative estimate of drug-likeness (QED) is 0.879. The molecule has 1 saturated heterocycles. The molecule has 0 bridgehead atoms. The van der Waals surface area contributed by atoms with Gasteiger partial charge in [-0.15, -0.1) is 0 Å². The fourth-order valence-corrected chi connectivity index (χ4v) is 4.46. The Bertz CT molecular complexity index is 832. The van der Waals surface area contributed by atoms with Crippen LogP contribution in [0.1, 0.15) is 37.9 Å². The fourth-order valence-electron chi connectivity index (χ4n) is 4.46. The lowest BCUT2D eigenvalue weighted by atomic mass is 9.82. The van der Waals surface area contributed by atoms with Gasteiger partial charge in [-0.25, -0.2) is 0 Å². The van der Waals surface area contributed by atoms with Crippen LogP contribution in [0.25, 0.3) is 10.9 Å². The Hall–Kier alpha value is -2.01. The topological polar surface area (TPSA) is 55.4 Å². The van der Waals surface area contributed by atoms with Gasteiger partial charge in [-0.05, 0) is 42.7 Å². The van der Waals surface area contributed by atoms with Crippen LogP contribution >= 0.6 is 0 Å². The number of benzene rings is 1. The number of ether oxygens (including phenoxy) is 2. The molecule has 2 heterocycles. The second-order valence-corrected chi connectivity index (χ2v) is 8.33. The Labute approximate surface area is 155 Å². The average Bonchev–Trinajstić information content (AvgIpc) is 3.08. The number of nitrogens with zero attached hydrogens (tertiary/aromatic N) is 1. The third-order valence-electron chi connectivity index (χ3n) is 5.66. The number of nitrogens with one attached hydrogen (secondary N) is 2. The second-order valence-electron chi connectivity index (χ2n) is 8.33. The number of anilines is 1. The average molecular weight is 355 g/mol. The molecule has 5 nitrogen and oxygen atoms in total. The van der Waals surface area contributed by atoms with Crippen molar-refractivity contribution in [1.82, 2.24) is 10.3 Å². The number of hydrogen-bond acceptors (Lipinski definition) is 5. The maximum Gasteiger partial charge on any atom is 0.162 e. The Morgan fingerprint density at radius 2 is 1.92 bits per heavy atom. The number of pyridine rings is 1. The van der Waals surface area contributed by atoms with Gasteiger partial charge in [0, 0.05) is 42.0 Å². The minimum atomic E-state index is 0.308. The molecule has 26 heavy (non-hydrogen) atoms. The van der Waals surface area contributed by atoms with Gasteiger partial charge in [-0.2, -0.15) is 0 Å². The van der Waals surface area contributed by atoms with Crippen LogP contribution in [0.5, 0.6) is 11.5 Å². The summed E-state index contributed by atoms with van der Waals surface area (Å²) in [6.45, 7) is 6.73. The van der Waals surface area contributed by atoms with Gasteiger partial charge in [-0.3, -0.25) is 4.98 Å². The molecule has 1 fully saturated rings. The third kappa shape index (κ3) is 3.09. The Balaban J connectivity index is 1.81. The first-order chi connectivity index (χ1) is 12.5. The predicted molar refractivity (Wildman–Crippen MR) is 106 cm³/mol. The lowest BCUT2D eigenvalue weighted by Gasteiger charge is -2.37. The van der Waals surface area contributed by atoms with Crippen LogP contribution in [0.2, 0.25) is 0 Å². The van der Waals surface area contributed by atoms with Crippen molar-refractivity contribution < 1.29 is 9.47 Å². The lowest BCUT2D eigenvalue weighted by molar-refractivity contribution is 0.250. The Kier molecular flexibility index (Phi) is 4.43. The first-order valence-corrected chi connectivity index (χ1v) is 9.55. The number of hydrogen-bond donors (Lipinski definition) is 2. The Morgan fingerprint density at radius 1 is 1.15 bits per heavy atom. The largest absolute Gasteiger partial charge is 0.493 e. The van der Waals surface area contributed by atoms with Gasteiger partial charge in [0.2, 0.25) is 0 Å². The van der Waals surface area contributed by atoms with Crippen molar-refractivity contribution in [2.24, 2.45) is 5.41 Å². The van der Waals surface area contributed by atoms with E-state index in [1.807, 2.05) is 6.07 Å². The molecule has 2 N–H and O–H groups in total. The van der Waals surface area contributed by atoms with E-state index in [0.717, 1.165) is 54.8 Å². The van der Waals surface area contributed by atoms with Crippen LogP contribution in [-0.4, -0.2) is 38.3 Å². The van der Waals surface area contributed by atoms with Crippen LogP contribution in [0.3, 0.4) is 0 Å². The minimum Gasteiger partial charge on any atom is -0.493 e. The molecule has 0 spiro atoms. The first kappa shape index (κ1) is 17.4. The fraction of sp³-hybridized carbons (Fsp3) is 0.571. The zero-order valence-electron chi connectivity index (χ0n) is 16.2. The molecule has 1 unspecified atom stereocenters. The van der Waals surface area contributed by atoms with Gasteiger partial charge in [0.05, 0.1) is 19.7 Å². The van der Waals surface area contributed by atoms with E-state index in [9.17, 15) is 0 Å². The summed E-state index contributed by atoms with van der Waals surface area (Å²) in [5, 5.41) is 8.58. The highest BCUT2D eigenvalue weighted by molar-refractivity contribution is 5.96. The van der Waals surface area contributed by atoms with Crippen molar-refractivity contribution in [2.75, 3.05) is 32.6 Å². The van der Waals surface area contributed by atoms with Gasteiger partial charge >= 0.3 is 0 Å². The maximum absolute atomic E-state index is 5.55. The highest BCUT2D eigenvalue weighted by atomic mass is 16.5. The standard InChI is InChI=1S/C21H29N3O2/c1-21(2)10-13(11-22-12-21)23-20-14-6-5-7-16(14)24-17-9-19(26-4)18(25-3)8-15(17)20/h8-9,13,22H,5-7,10-12H2,1-4H3,(H,23,24). The van der Waals surface area contributed by atoms with Crippen LogP contribution < -0.4 is 20.1 Å². The number of aromatic nitrogens is 1. The molecule has 1 aliphatic carbocycles. The van der Waals surface area contributed by atoms with Crippen LogP contribution in [0.4, 0.5) is 5.69 Å². The molecule has 5 heteroatoms. The molecule has 2 aliphatic rings. The summed E-state index contributed by atoms with van der Waals surface area (Å²) < 4.78 is 11.0. The second kappa shape index (κ2) is 6.62. The Morgan fingerprint density at radius 3 is 2.65 bits per heavy atom. The zero-order valence-corrected chi connectivity index (χ0v) is 16.2. The normalized spacial score (nSPS) is 21.5. The van der Waals surface area contributed by atoms with Gasteiger partial charge in [0.1, 0.15) is 0 Å². The molecule has 1 aliphatic heterocycles. The summed E-state index contributed by atoms with van der Waals surface area (Å²) in [6, 6.07) is 4.49. The number of fused-ring (bicyclic) bond motifs is 2. The zero-order chi connectivity index (χ0) is 18.3. The number of piperidine rings is 1. The summed E-state index contributed by atoms with van der Waals surface area (Å²) in [6.07, 6.45) is 4.49. The van der Waals surface area contributed by atoms with Crippen LogP contribution in [-0.2, 0) is 12.8 Å². The van der Waals surface area contributed by atoms with Crippen molar-refractivity contribution in [3.05, 3.63) is 23.4 Å². The molecule has 1 atom stereocenters. The molecule has 0 saturated carbocycles. The molecular weight excluding hydrogens is 326 g/mol. The van der Waals surface area contributed by atoms with Crippen molar-refractivity contribution >= 4 is 16.6 Å². The van der Waals surface area contributed by atoms with Gasteiger partial charge < -0.3 is 20.1 Å². The van der Waals surface area contributed by atoms with E-state index in [0.29, 0.717) is 11.5 Å². The first-order valence-electron chi connectivity index (χ1n) is 9.55. The molecule has 1 aromatic heterocycles. The number of aryl methyl sites for hydroxylation is 1. The van der Waals surface area contributed by atoms with Crippen molar-refractivity contribution in [2.45, 2.75) is 45.6 Å². The molecule has 1 aromatic carbocycles. The highest BCUT2D eigenvalue weighted by Gasteiger charge is 2.29. The summed E-state index contributed by atoms with van der Waals surface area (Å²) >= 11 is 0. The van der Waals surface area contributed by atoms with Crippen molar-refractivity contribution in [3.8, 4) is 11.5 Å². The SMILES string of the molecule is COc1cc2nc3c(c(NC4CNCC(C)(C)C4)c2cc1OC)CCC3. The van der Waals surface area contributed by atoms with Gasteiger partial charge in [-0.1, -0.05) is 13.8 Å². The molecule has 2 aromatic rings. The lowest BCUT2D eigenvalue weighted by Crippen LogP contribution is -2.47. The van der Waals surface area contributed by atoms with Crippen molar-refractivity contribution in [3.63, 3.8) is 0 Å². The van der Waals surface area contributed by atoms with E-state index in [4.69, 9.17) is 14.5 Å². The van der Waals surface area contributed by atoms with E-state index < -0.39 is 0 Å². The molecular formula is C21H29N3O2. The smallest absolute Gasteiger partial charge is 0.162 e. The molecule has 0 radical (unpaired) electrons. The summed E-state index contributed by atoms with van der Waals surface area (Å²) in [5.74, 6) is 1.49.